The number of ether oxygens (including phenoxy) is 1. The highest BCUT2D eigenvalue weighted by atomic mass is 16.5. The summed E-state index contributed by atoms with van der Waals surface area (Å²) in [5, 5.41) is 9.36. The van der Waals surface area contributed by atoms with Crippen LogP contribution in [0.4, 0.5) is 0 Å². The quantitative estimate of drug-likeness (QED) is 0.823. The first-order chi connectivity index (χ1) is 7.34. The van der Waals surface area contributed by atoms with Gasteiger partial charge in [0.2, 0.25) is 0 Å². The average Bonchev–Trinajstić information content (AvgIpc) is 2.30. The molecule has 1 fully saturated rings. The molecule has 0 aliphatic heterocycles. The molecule has 1 N–H and O–H groups in total. The monoisotopic (exact) mass is 206 g/mol. The van der Waals surface area contributed by atoms with Crippen molar-refractivity contribution in [3.05, 3.63) is 35.9 Å². The lowest BCUT2D eigenvalue weighted by molar-refractivity contribution is -0.0118. The lowest BCUT2D eigenvalue weighted by Crippen LogP contribution is -2.24. The highest BCUT2D eigenvalue weighted by molar-refractivity contribution is 5.13. The predicted octanol–water partition coefficient (Wildman–Crippen LogP) is 2.51. The molecule has 0 spiro atoms. The SMILES string of the molecule is O[C@H]1CC[C@H](OCc2ccccc2)CC1. The van der Waals surface area contributed by atoms with Gasteiger partial charge in [0.15, 0.2) is 0 Å². The van der Waals surface area contributed by atoms with Crippen molar-refractivity contribution in [2.45, 2.75) is 44.5 Å². The fourth-order valence-electron chi connectivity index (χ4n) is 2.00. The van der Waals surface area contributed by atoms with Crippen LogP contribution in [-0.2, 0) is 11.3 Å². The molecule has 15 heavy (non-hydrogen) atoms. The molecule has 2 rings (SSSR count). The van der Waals surface area contributed by atoms with E-state index in [1.165, 1.54) is 5.56 Å². The molecular weight excluding hydrogens is 188 g/mol. The van der Waals surface area contributed by atoms with Gasteiger partial charge in [0, 0.05) is 0 Å². The zero-order chi connectivity index (χ0) is 10.5. The molecule has 0 bridgehead atoms. The minimum absolute atomic E-state index is 0.0958. The molecule has 0 unspecified atom stereocenters. The number of hydrogen-bond acceptors (Lipinski definition) is 2. The summed E-state index contributed by atoms with van der Waals surface area (Å²) in [6.07, 6.45) is 4.01. The highest BCUT2D eigenvalue weighted by Crippen LogP contribution is 2.21. The minimum Gasteiger partial charge on any atom is -0.393 e. The van der Waals surface area contributed by atoms with Crippen molar-refractivity contribution in [3.8, 4) is 0 Å². The Labute approximate surface area is 90.9 Å². The first-order valence-corrected chi connectivity index (χ1v) is 5.68. The Morgan fingerprint density at radius 2 is 1.73 bits per heavy atom. The van der Waals surface area contributed by atoms with Gasteiger partial charge < -0.3 is 9.84 Å². The topological polar surface area (TPSA) is 29.5 Å². The van der Waals surface area contributed by atoms with Crippen molar-refractivity contribution in [3.63, 3.8) is 0 Å². The van der Waals surface area contributed by atoms with Gasteiger partial charge in [-0.25, -0.2) is 0 Å². The van der Waals surface area contributed by atoms with Gasteiger partial charge >= 0.3 is 0 Å². The zero-order valence-corrected chi connectivity index (χ0v) is 8.93. The van der Waals surface area contributed by atoms with Crippen LogP contribution in [-0.4, -0.2) is 17.3 Å². The van der Waals surface area contributed by atoms with Gasteiger partial charge in [0.1, 0.15) is 0 Å². The largest absolute Gasteiger partial charge is 0.393 e. The van der Waals surface area contributed by atoms with Crippen LogP contribution in [0, 0.1) is 0 Å². The van der Waals surface area contributed by atoms with Gasteiger partial charge in [-0.3, -0.25) is 0 Å². The van der Waals surface area contributed by atoms with Gasteiger partial charge in [-0.1, -0.05) is 30.3 Å². The van der Waals surface area contributed by atoms with E-state index in [1.54, 1.807) is 0 Å². The van der Waals surface area contributed by atoms with E-state index in [4.69, 9.17) is 4.74 Å². The molecule has 0 atom stereocenters. The Morgan fingerprint density at radius 1 is 1.07 bits per heavy atom. The predicted molar refractivity (Wildman–Crippen MR) is 59.5 cm³/mol. The summed E-state index contributed by atoms with van der Waals surface area (Å²) < 4.78 is 5.81. The molecule has 1 saturated carbocycles. The normalized spacial score (nSPS) is 26.5. The van der Waals surface area contributed by atoms with Crippen LogP contribution >= 0.6 is 0 Å². The Bertz CT molecular complexity index is 276. The van der Waals surface area contributed by atoms with Gasteiger partial charge in [-0.2, -0.15) is 0 Å². The van der Waals surface area contributed by atoms with Gasteiger partial charge in [-0.05, 0) is 31.2 Å². The number of aliphatic hydroxyl groups excluding tert-OH is 1. The van der Waals surface area contributed by atoms with Crippen molar-refractivity contribution in [1.82, 2.24) is 0 Å². The van der Waals surface area contributed by atoms with E-state index in [0.29, 0.717) is 12.7 Å². The number of aliphatic hydroxyl groups is 1. The molecule has 1 aliphatic rings. The Kier molecular flexibility index (Phi) is 3.75. The number of hydrogen-bond donors (Lipinski definition) is 1. The summed E-state index contributed by atoms with van der Waals surface area (Å²) >= 11 is 0. The fraction of sp³-hybridized carbons (Fsp3) is 0.538. The molecule has 0 heterocycles. The second-order valence-electron chi connectivity index (χ2n) is 4.23. The lowest BCUT2D eigenvalue weighted by Gasteiger charge is -2.25. The van der Waals surface area contributed by atoms with E-state index in [1.807, 2.05) is 18.2 Å². The summed E-state index contributed by atoms with van der Waals surface area (Å²) in [6, 6.07) is 10.2. The van der Waals surface area contributed by atoms with Gasteiger partial charge in [0.25, 0.3) is 0 Å². The van der Waals surface area contributed by atoms with Crippen LogP contribution < -0.4 is 0 Å². The van der Waals surface area contributed by atoms with Crippen LogP contribution in [0.5, 0.6) is 0 Å². The maximum Gasteiger partial charge on any atom is 0.0720 e. The minimum atomic E-state index is -0.0958. The summed E-state index contributed by atoms with van der Waals surface area (Å²) in [5.41, 5.74) is 1.23. The van der Waals surface area contributed by atoms with E-state index in [0.717, 1.165) is 25.7 Å². The third-order valence-electron chi connectivity index (χ3n) is 2.97. The molecule has 0 amide bonds. The van der Waals surface area contributed by atoms with Crippen LogP contribution in [0.2, 0.25) is 0 Å². The fourth-order valence-corrected chi connectivity index (χ4v) is 2.00. The third kappa shape index (κ3) is 3.33. The second-order valence-corrected chi connectivity index (χ2v) is 4.23. The summed E-state index contributed by atoms with van der Waals surface area (Å²) in [4.78, 5) is 0. The standard InChI is InChI=1S/C13H18O2/c14-12-6-8-13(9-7-12)15-10-11-4-2-1-3-5-11/h1-5,12-14H,6-10H2/t12-,13-. The Hall–Kier alpha value is -0.860. The molecule has 2 heteroatoms. The Morgan fingerprint density at radius 3 is 2.40 bits per heavy atom. The van der Waals surface area contributed by atoms with E-state index < -0.39 is 0 Å². The first kappa shape index (κ1) is 10.7. The molecule has 0 saturated heterocycles. The summed E-state index contributed by atoms with van der Waals surface area (Å²) in [7, 11) is 0. The van der Waals surface area contributed by atoms with Crippen molar-refractivity contribution < 1.29 is 9.84 Å². The lowest BCUT2D eigenvalue weighted by atomic mass is 9.95. The van der Waals surface area contributed by atoms with Crippen LogP contribution in [0.15, 0.2) is 30.3 Å². The summed E-state index contributed by atoms with van der Waals surface area (Å²) in [6.45, 7) is 0.696. The smallest absolute Gasteiger partial charge is 0.0720 e. The summed E-state index contributed by atoms with van der Waals surface area (Å²) in [5.74, 6) is 0. The maximum atomic E-state index is 9.36. The first-order valence-electron chi connectivity index (χ1n) is 5.68. The maximum absolute atomic E-state index is 9.36. The van der Waals surface area contributed by atoms with Crippen LogP contribution in [0.1, 0.15) is 31.2 Å². The zero-order valence-electron chi connectivity index (χ0n) is 8.93. The van der Waals surface area contributed by atoms with Gasteiger partial charge in [-0.15, -0.1) is 0 Å². The van der Waals surface area contributed by atoms with Crippen LogP contribution in [0.3, 0.4) is 0 Å². The van der Waals surface area contributed by atoms with E-state index >= 15 is 0 Å². The molecular formula is C13H18O2. The molecule has 0 radical (unpaired) electrons. The average molecular weight is 206 g/mol. The van der Waals surface area contributed by atoms with E-state index in [2.05, 4.69) is 12.1 Å². The second kappa shape index (κ2) is 5.29. The van der Waals surface area contributed by atoms with E-state index in [-0.39, 0.29) is 6.10 Å². The third-order valence-corrected chi connectivity index (χ3v) is 2.97. The van der Waals surface area contributed by atoms with Crippen molar-refractivity contribution in [2.75, 3.05) is 0 Å². The molecule has 0 aromatic heterocycles. The molecule has 1 aromatic rings. The molecule has 82 valence electrons. The number of benzene rings is 1. The van der Waals surface area contributed by atoms with Crippen molar-refractivity contribution in [1.29, 1.82) is 0 Å². The molecule has 1 aliphatic carbocycles. The van der Waals surface area contributed by atoms with Crippen molar-refractivity contribution in [2.24, 2.45) is 0 Å². The van der Waals surface area contributed by atoms with Gasteiger partial charge in [0.05, 0.1) is 18.8 Å². The molecule has 1 aromatic carbocycles. The highest BCUT2D eigenvalue weighted by Gasteiger charge is 2.19. The Balaban J connectivity index is 1.74. The molecule has 2 nitrogen and oxygen atoms in total. The number of rotatable bonds is 3. The van der Waals surface area contributed by atoms with E-state index in [9.17, 15) is 5.11 Å². The van der Waals surface area contributed by atoms with Crippen LogP contribution in [0.25, 0.3) is 0 Å². The van der Waals surface area contributed by atoms with Crippen molar-refractivity contribution >= 4 is 0 Å².